The largest absolute Gasteiger partial charge is 0.480 e. The van der Waals surface area contributed by atoms with Crippen LogP contribution in [-0.4, -0.2) is 71.3 Å². The molecule has 0 aromatic rings. The van der Waals surface area contributed by atoms with Gasteiger partial charge in [0.05, 0.1) is 6.04 Å². The van der Waals surface area contributed by atoms with Crippen molar-refractivity contribution in [1.82, 2.24) is 21.3 Å². The molecular formula is C21H36N6O7. The molecule has 0 aromatic carbocycles. The van der Waals surface area contributed by atoms with E-state index in [1.807, 2.05) is 0 Å². The highest BCUT2D eigenvalue weighted by molar-refractivity contribution is 5.94. The average molecular weight is 485 g/mol. The molecule has 1 saturated heterocycles. The molecule has 0 saturated carbocycles. The van der Waals surface area contributed by atoms with Gasteiger partial charge in [0.2, 0.25) is 29.5 Å². The Morgan fingerprint density at radius 1 is 0.941 bits per heavy atom. The quantitative estimate of drug-likeness (QED) is 0.135. The lowest BCUT2D eigenvalue weighted by Gasteiger charge is -2.26. The number of carboxylic acids is 1. The monoisotopic (exact) mass is 484 g/mol. The molecule has 9 N–H and O–H groups in total. The molecule has 0 spiro atoms. The Kier molecular flexibility index (Phi) is 12.0. The van der Waals surface area contributed by atoms with Gasteiger partial charge in [0, 0.05) is 12.8 Å². The molecule has 0 bridgehead atoms. The summed E-state index contributed by atoms with van der Waals surface area (Å²) in [5.74, 6) is -5.02. The number of carbonyl (C=O) groups is 6. The van der Waals surface area contributed by atoms with Crippen molar-refractivity contribution in [1.29, 1.82) is 0 Å². The average Bonchev–Trinajstić information content (AvgIpc) is 3.31. The van der Waals surface area contributed by atoms with E-state index in [4.69, 9.17) is 11.5 Å². The van der Waals surface area contributed by atoms with Gasteiger partial charge in [-0.2, -0.15) is 0 Å². The van der Waals surface area contributed by atoms with Crippen LogP contribution in [0, 0.1) is 5.92 Å². The van der Waals surface area contributed by atoms with E-state index in [-0.39, 0.29) is 25.7 Å². The maximum atomic E-state index is 13.0. The summed E-state index contributed by atoms with van der Waals surface area (Å²) in [7, 11) is 0. The molecule has 13 heteroatoms. The van der Waals surface area contributed by atoms with Crippen LogP contribution in [0.15, 0.2) is 0 Å². The van der Waals surface area contributed by atoms with Crippen molar-refractivity contribution in [3.05, 3.63) is 0 Å². The van der Waals surface area contributed by atoms with Crippen LogP contribution in [0.3, 0.4) is 0 Å². The molecule has 5 atom stereocenters. The van der Waals surface area contributed by atoms with Crippen LogP contribution in [0.1, 0.15) is 58.8 Å². The predicted octanol–water partition coefficient (Wildman–Crippen LogP) is -2.15. The maximum absolute atomic E-state index is 13.0. The second-order valence-electron chi connectivity index (χ2n) is 8.49. The van der Waals surface area contributed by atoms with Crippen LogP contribution in [0.25, 0.3) is 0 Å². The Morgan fingerprint density at radius 2 is 1.47 bits per heavy atom. The molecule has 1 heterocycles. The summed E-state index contributed by atoms with van der Waals surface area (Å²) < 4.78 is 0. The first-order valence-electron chi connectivity index (χ1n) is 11.4. The Hall–Kier alpha value is -3.22. The van der Waals surface area contributed by atoms with Crippen molar-refractivity contribution in [3.8, 4) is 0 Å². The SMILES string of the molecule is CCC(C)C(NC(=O)C(CCC(N)=O)NC(=O)C(CCC(N)=O)NC(=O)C1CCCN1)C(=O)O. The molecule has 192 valence electrons. The summed E-state index contributed by atoms with van der Waals surface area (Å²) in [6, 6.07) is -4.14. The molecule has 1 aliphatic rings. The van der Waals surface area contributed by atoms with Crippen LogP contribution < -0.4 is 32.7 Å². The minimum Gasteiger partial charge on any atom is -0.480 e. The van der Waals surface area contributed by atoms with E-state index >= 15 is 0 Å². The lowest BCUT2D eigenvalue weighted by molar-refractivity contribution is -0.144. The Balaban J connectivity index is 2.99. The third-order valence-electron chi connectivity index (χ3n) is 5.78. The van der Waals surface area contributed by atoms with Crippen molar-refractivity contribution in [3.63, 3.8) is 0 Å². The number of primary amides is 2. The van der Waals surface area contributed by atoms with Gasteiger partial charge in [-0.3, -0.25) is 24.0 Å². The number of nitrogens with two attached hydrogens (primary N) is 2. The Bertz CT molecular complexity index is 769. The van der Waals surface area contributed by atoms with E-state index in [2.05, 4.69) is 21.3 Å². The minimum atomic E-state index is -1.29. The van der Waals surface area contributed by atoms with Crippen LogP contribution in [-0.2, 0) is 28.8 Å². The fourth-order valence-electron chi connectivity index (χ4n) is 3.50. The number of hydrogen-bond acceptors (Lipinski definition) is 7. The van der Waals surface area contributed by atoms with Crippen molar-refractivity contribution in [2.75, 3.05) is 6.54 Å². The van der Waals surface area contributed by atoms with Gasteiger partial charge in [0.15, 0.2) is 0 Å². The van der Waals surface area contributed by atoms with Gasteiger partial charge in [-0.1, -0.05) is 20.3 Å². The number of amides is 5. The van der Waals surface area contributed by atoms with E-state index in [1.54, 1.807) is 13.8 Å². The third-order valence-corrected chi connectivity index (χ3v) is 5.78. The number of carbonyl (C=O) groups excluding carboxylic acids is 5. The standard InChI is InChI=1S/C21H36N6O7/c1-3-11(2)17(21(33)34)27-20(32)14(7-9-16(23)29)26-19(31)13(6-8-15(22)28)25-18(30)12-5-4-10-24-12/h11-14,17,24H,3-10H2,1-2H3,(H2,22,28)(H2,23,29)(H,25,30)(H,26,31)(H,27,32)(H,33,34). The zero-order chi connectivity index (χ0) is 25.8. The van der Waals surface area contributed by atoms with Crippen LogP contribution >= 0.6 is 0 Å². The predicted molar refractivity (Wildman–Crippen MR) is 121 cm³/mol. The first-order valence-corrected chi connectivity index (χ1v) is 11.4. The second kappa shape index (κ2) is 14.1. The fraction of sp³-hybridized carbons (Fsp3) is 0.714. The van der Waals surface area contributed by atoms with Crippen molar-refractivity contribution < 1.29 is 33.9 Å². The first-order chi connectivity index (χ1) is 16.0. The molecule has 0 aliphatic carbocycles. The highest BCUT2D eigenvalue weighted by Crippen LogP contribution is 2.10. The molecule has 34 heavy (non-hydrogen) atoms. The van der Waals surface area contributed by atoms with Gasteiger partial charge < -0.3 is 37.8 Å². The molecule has 0 aromatic heterocycles. The normalized spacial score (nSPS) is 18.7. The third kappa shape index (κ3) is 9.73. The lowest BCUT2D eigenvalue weighted by Crippen LogP contribution is -2.57. The summed E-state index contributed by atoms with van der Waals surface area (Å²) >= 11 is 0. The summed E-state index contributed by atoms with van der Waals surface area (Å²) in [5.41, 5.74) is 10.4. The Morgan fingerprint density at radius 3 is 1.91 bits per heavy atom. The van der Waals surface area contributed by atoms with E-state index in [9.17, 15) is 33.9 Å². The number of rotatable bonds is 15. The number of hydrogen-bond donors (Lipinski definition) is 7. The summed E-state index contributed by atoms with van der Waals surface area (Å²) in [6.45, 7) is 4.08. The van der Waals surface area contributed by atoms with Crippen LogP contribution in [0.2, 0.25) is 0 Å². The molecule has 5 amide bonds. The van der Waals surface area contributed by atoms with Gasteiger partial charge >= 0.3 is 5.97 Å². The van der Waals surface area contributed by atoms with Crippen molar-refractivity contribution in [2.24, 2.45) is 17.4 Å². The van der Waals surface area contributed by atoms with E-state index < -0.39 is 65.6 Å². The zero-order valence-electron chi connectivity index (χ0n) is 19.6. The summed E-state index contributed by atoms with van der Waals surface area (Å²) in [6.07, 6.45) is 1.15. The van der Waals surface area contributed by atoms with E-state index in [0.29, 0.717) is 19.4 Å². The topological polar surface area (TPSA) is 223 Å². The highest BCUT2D eigenvalue weighted by atomic mass is 16.4. The van der Waals surface area contributed by atoms with E-state index in [0.717, 1.165) is 6.42 Å². The molecular weight excluding hydrogens is 448 g/mol. The fourth-order valence-corrected chi connectivity index (χ4v) is 3.50. The molecule has 13 nitrogen and oxygen atoms in total. The van der Waals surface area contributed by atoms with Gasteiger partial charge in [0.1, 0.15) is 18.1 Å². The van der Waals surface area contributed by atoms with Gasteiger partial charge in [0.25, 0.3) is 0 Å². The first kappa shape index (κ1) is 28.8. The molecule has 0 radical (unpaired) electrons. The van der Waals surface area contributed by atoms with Gasteiger partial charge in [-0.15, -0.1) is 0 Å². The lowest BCUT2D eigenvalue weighted by atomic mass is 9.98. The second-order valence-corrected chi connectivity index (χ2v) is 8.49. The maximum Gasteiger partial charge on any atom is 0.326 e. The van der Waals surface area contributed by atoms with E-state index in [1.165, 1.54) is 0 Å². The number of aliphatic carboxylic acids is 1. The molecule has 1 aliphatic heterocycles. The molecule has 1 fully saturated rings. The number of nitrogens with one attached hydrogen (secondary N) is 4. The van der Waals surface area contributed by atoms with Gasteiger partial charge in [-0.25, -0.2) is 4.79 Å². The van der Waals surface area contributed by atoms with Crippen LogP contribution in [0.4, 0.5) is 0 Å². The van der Waals surface area contributed by atoms with Crippen molar-refractivity contribution in [2.45, 2.75) is 83.0 Å². The smallest absolute Gasteiger partial charge is 0.326 e. The van der Waals surface area contributed by atoms with Crippen LogP contribution in [0.5, 0.6) is 0 Å². The molecule has 5 unspecified atom stereocenters. The zero-order valence-corrected chi connectivity index (χ0v) is 19.6. The van der Waals surface area contributed by atoms with Crippen molar-refractivity contribution >= 4 is 35.5 Å². The molecule has 1 rings (SSSR count). The Labute approximate surface area is 198 Å². The highest BCUT2D eigenvalue weighted by Gasteiger charge is 2.32. The summed E-state index contributed by atoms with van der Waals surface area (Å²) in [5, 5.41) is 19.9. The minimum absolute atomic E-state index is 0.103. The van der Waals surface area contributed by atoms with Gasteiger partial charge in [-0.05, 0) is 38.1 Å². The summed E-state index contributed by atoms with van der Waals surface area (Å²) in [4.78, 5) is 72.4. The number of carboxylic acid groups (broad SMARTS) is 1.